The Bertz CT molecular complexity index is 1130. The highest BCUT2D eigenvalue weighted by molar-refractivity contribution is 5.82. The summed E-state index contributed by atoms with van der Waals surface area (Å²) < 4.78 is 11.6. The highest BCUT2D eigenvalue weighted by Crippen LogP contribution is 2.25. The second-order valence-corrected chi connectivity index (χ2v) is 7.55. The lowest BCUT2D eigenvalue weighted by Gasteiger charge is -2.35. The average Bonchev–Trinajstić information content (AvgIpc) is 3.25. The normalized spacial score (nSPS) is 19.8. The maximum absolute atomic E-state index is 10.6. The number of aliphatic hydroxyl groups excluding tert-OH is 1. The van der Waals surface area contributed by atoms with E-state index in [0.29, 0.717) is 13.1 Å². The number of aliphatic hydroxyl groups is 1. The summed E-state index contributed by atoms with van der Waals surface area (Å²) in [6.45, 7) is 1.92. The predicted molar refractivity (Wildman–Crippen MR) is 112 cm³/mol. The van der Waals surface area contributed by atoms with Gasteiger partial charge in [-0.05, 0) is 42.1 Å². The molecular weight excluding hydrogens is 380 g/mol. The molecule has 3 aromatic heterocycles. The van der Waals surface area contributed by atoms with Gasteiger partial charge in [-0.25, -0.2) is 0 Å². The molecule has 5 rings (SSSR count). The molecular formula is C23H22N4O3. The lowest BCUT2D eigenvalue weighted by Crippen LogP contribution is -2.48. The van der Waals surface area contributed by atoms with Crippen LogP contribution < -0.4 is 4.74 Å². The van der Waals surface area contributed by atoms with E-state index in [-0.39, 0.29) is 6.10 Å². The fourth-order valence-corrected chi connectivity index (χ4v) is 3.83. The highest BCUT2D eigenvalue weighted by atomic mass is 16.5. The van der Waals surface area contributed by atoms with Crippen LogP contribution in [-0.4, -0.2) is 50.4 Å². The first-order valence-electron chi connectivity index (χ1n) is 10.0. The first kappa shape index (κ1) is 18.7. The van der Waals surface area contributed by atoms with E-state index in [9.17, 15) is 5.11 Å². The predicted octanol–water partition coefficient (Wildman–Crippen LogP) is 3.30. The molecule has 1 aliphatic rings. The summed E-state index contributed by atoms with van der Waals surface area (Å²) in [6.07, 6.45) is 6.99. The zero-order chi connectivity index (χ0) is 20.3. The van der Waals surface area contributed by atoms with Gasteiger partial charge in [0.2, 0.25) is 0 Å². The molecule has 2 atom stereocenters. The Morgan fingerprint density at radius 2 is 2.00 bits per heavy atom. The lowest BCUT2D eigenvalue weighted by atomic mass is 10.0. The molecule has 0 aliphatic carbocycles. The van der Waals surface area contributed by atoms with Crippen LogP contribution in [0.2, 0.25) is 0 Å². The summed E-state index contributed by atoms with van der Waals surface area (Å²) >= 11 is 0. The van der Waals surface area contributed by atoms with E-state index in [0.717, 1.165) is 46.5 Å². The number of rotatable bonds is 5. The second-order valence-electron chi connectivity index (χ2n) is 7.55. The molecule has 30 heavy (non-hydrogen) atoms. The van der Waals surface area contributed by atoms with Gasteiger partial charge in [0.25, 0.3) is 0 Å². The quantitative estimate of drug-likeness (QED) is 0.548. The van der Waals surface area contributed by atoms with Crippen molar-refractivity contribution >= 4 is 10.8 Å². The largest absolute Gasteiger partial charge is 0.488 e. The Balaban J connectivity index is 1.20. The van der Waals surface area contributed by atoms with Crippen molar-refractivity contribution in [2.24, 2.45) is 0 Å². The van der Waals surface area contributed by atoms with E-state index in [4.69, 9.17) is 9.26 Å². The summed E-state index contributed by atoms with van der Waals surface area (Å²) in [5.41, 5.74) is 1.69. The Labute approximate surface area is 173 Å². The lowest BCUT2D eigenvalue weighted by molar-refractivity contribution is -0.0292. The van der Waals surface area contributed by atoms with Crippen molar-refractivity contribution in [1.29, 1.82) is 0 Å². The molecule has 152 valence electrons. The number of benzene rings is 1. The van der Waals surface area contributed by atoms with Crippen LogP contribution in [0, 0.1) is 0 Å². The maximum atomic E-state index is 10.6. The fourth-order valence-electron chi connectivity index (χ4n) is 3.83. The minimum absolute atomic E-state index is 0.240. The zero-order valence-corrected chi connectivity index (χ0v) is 16.4. The van der Waals surface area contributed by atoms with Crippen molar-refractivity contribution in [3.8, 4) is 17.0 Å². The standard InChI is InChI=1S/C23H22N4O3/c28-22-15-27(14-20-11-21(26-30-20)17-2-1-7-24-12-17)9-6-23(22)29-19-4-3-16-5-8-25-13-18(16)10-19/h1-5,7-8,10-13,22-23,28H,6,9,14-15H2/t22-,23-/m1/s1. The van der Waals surface area contributed by atoms with Gasteiger partial charge in [-0.3, -0.25) is 14.9 Å². The van der Waals surface area contributed by atoms with Crippen molar-refractivity contribution in [3.63, 3.8) is 0 Å². The summed E-state index contributed by atoms with van der Waals surface area (Å²) in [4.78, 5) is 10.4. The smallest absolute Gasteiger partial charge is 0.151 e. The van der Waals surface area contributed by atoms with Gasteiger partial charge in [0.15, 0.2) is 5.76 Å². The van der Waals surface area contributed by atoms with Gasteiger partial charge in [-0.15, -0.1) is 0 Å². The first-order valence-corrected chi connectivity index (χ1v) is 10.0. The minimum atomic E-state index is -0.580. The molecule has 0 saturated carbocycles. The summed E-state index contributed by atoms with van der Waals surface area (Å²) in [6, 6.07) is 13.6. The Morgan fingerprint density at radius 1 is 1.07 bits per heavy atom. The summed E-state index contributed by atoms with van der Waals surface area (Å²) in [5, 5.41) is 16.9. The highest BCUT2D eigenvalue weighted by Gasteiger charge is 2.30. The molecule has 4 aromatic rings. The molecule has 0 radical (unpaired) electrons. The van der Waals surface area contributed by atoms with Crippen LogP contribution in [0.15, 0.2) is 71.8 Å². The van der Waals surface area contributed by atoms with Crippen molar-refractivity contribution in [2.45, 2.75) is 25.2 Å². The van der Waals surface area contributed by atoms with Crippen LogP contribution >= 0.6 is 0 Å². The van der Waals surface area contributed by atoms with Gasteiger partial charge in [0.05, 0.1) is 6.54 Å². The number of hydrogen-bond donors (Lipinski definition) is 1. The molecule has 1 N–H and O–H groups in total. The van der Waals surface area contributed by atoms with E-state index < -0.39 is 6.10 Å². The number of pyridine rings is 2. The topological polar surface area (TPSA) is 84.5 Å². The third-order valence-corrected chi connectivity index (χ3v) is 5.40. The van der Waals surface area contributed by atoms with Crippen LogP contribution in [0.3, 0.4) is 0 Å². The number of nitrogens with zero attached hydrogens (tertiary/aromatic N) is 4. The average molecular weight is 402 g/mol. The van der Waals surface area contributed by atoms with Crippen LogP contribution in [0.5, 0.6) is 5.75 Å². The third kappa shape index (κ3) is 4.03. The van der Waals surface area contributed by atoms with Crippen LogP contribution in [0.1, 0.15) is 12.2 Å². The van der Waals surface area contributed by atoms with Crippen molar-refractivity contribution in [2.75, 3.05) is 13.1 Å². The van der Waals surface area contributed by atoms with Gasteiger partial charge in [0.1, 0.15) is 23.7 Å². The van der Waals surface area contributed by atoms with E-state index in [1.807, 2.05) is 48.7 Å². The van der Waals surface area contributed by atoms with Gasteiger partial charge >= 0.3 is 0 Å². The Morgan fingerprint density at radius 3 is 2.87 bits per heavy atom. The number of β-amino-alcohol motifs (C(OH)–C–C–N with tert-alkyl or cyclic N) is 1. The minimum Gasteiger partial charge on any atom is -0.488 e. The van der Waals surface area contributed by atoms with E-state index in [1.165, 1.54) is 0 Å². The summed E-state index contributed by atoms with van der Waals surface area (Å²) in [5.74, 6) is 1.52. The zero-order valence-electron chi connectivity index (χ0n) is 16.4. The van der Waals surface area contributed by atoms with E-state index in [2.05, 4.69) is 20.0 Å². The molecule has 1 fully saturated rings. The number of ether oxygens (including phenoxy) is 1. The molecule has 7 nitrogen and oxygen atoms in total. The molecule has 0 unspecified atom stereocenters. The molecule has 1 aliphatic heterocycles. The van der Waals surface area contributed by atoms with Gasteiger partial charge in [0, 0.05) is 54.9 Å². The van der Waals surface area contributed by atoms with E-state index >= 15 is 0 Å². The number of aromatic nitrogens is 3. The molecule has 7 heteroatoms. The molecule has 0 spiro atoms. The first-order chi connectivity index (χ1) is 14.7. The molecule has 0 bridgehead atoms. The number of likely N-dealkylation sites (tertiary alicyclic amines) is 1. The Hall–Kier alpha value is -3.29. The Kier molecular flexibility index (Phi) is 5.13. The van der Waals surface area contributed by atoms with Gasteiger partial charge in [-0.1, -0.05) is 11.2 Å². The van der Waals surface area contributed by atoms with E-state index in [1.54, 1.807) is 18.6 Å². The monoisotopic (exact) mass is 402 g/mol. The van der Waals surface area contributed by atoms with Gasteiger partial charge < -0.3 is 14.4 Å². The number of hydrogen-bond acceptors (Lipinski definition) is 7. The second kappa shape index (κ2) is 8.22. The van der Waals surface area contributed by atoms with Crippen LogP contribution in [0.25, 0.3) is 22.0 Å². The van der Waals surface area contributed by atoms with Gasteiger partial charge in [-0.2, -0.15) is 0 Å². The number of piperidine rings is 1. The maximum Gasteiger partial charge on any atom is 0.151 e. The van der Waals surface area contributed by atoms with Crippen LogP contribution in [-0.2, 0) is 6.54 Å². The van der Waals surface area contributed by atoms with Crippen LogP contribution in [0.4, 0.5) is 0 Å². The molecule has 0 amide bonds. The van der Waals surface area contributed by atoms with Crippen molar-refractivity contribution in [3.05, 3.63) is 73.0 Å². The van der Waals surface area contributed by atoms with Crippen molar-refractivity contribution < 1.29 is 14.4 Å². The third-order valence-electron chi connectivity index (χ3n) is 5.40. The molecule has 1 saturated heterocycles. The number of fused-ring (bicyclic) bond motifs is 1. The molecule has 1 aromatic carbocycles. The SMILES string of the molecule is O[C@@H]1CN(Cc2cc(-c3cccnc3)no2)CC[C@H]1Oc1ccc2ccncc2c1. The fraction of sp³-hybridized carbons (Fsp3) is 0.261. The van der Waals surface area contributed by atoms with Crippen molar-refractivity contribution in [1.82, 2.24) is 20.0 Å². The summed E-state index contributed by atoms with van der Waals surface area (Å²) in [7, 11) is 0. The molecule has 4 heterocycles.